The summed E-state index contributed by atoms with van der Waals surface area (Å²) in [6.07, 6.45) is 3.72. The molecule has 0 aromatic heterocycles. The third-order valence-electron chi connectivity index (χ3n) is 3.11. The van der Waals surface area contributed by atoms with E-state index in [2.05, 4.69) is 6.92 Å². The third kappa shape index (κ3) is 0.644. The molecule has 0 radical (unpaired) electrons. The monoisotopic (exact) mass is 126 g/mol. The summed E-state index contributed by atoms with van der Waals surface area (Å²) in [6, 6.07) is 0. The van der Waals surface area contributed by atoms with Gasteiger partial charge in [-0.25, -0.2) is 0 Å². The first-order valence-electron chi connectivity index (χ1n) is 4.02. The Bertz CT molecular complexity index is 118. The van der Waals surface area contributed by atoms with Crippen LogP contribution < -0.4 is 0 Å². The van der Waals surface area contributed by atoms with Crippen LogP contribution in [0, 0.1) is 17.8 Å². The average Bonchev–Trinajstić information content (AvgIpc) is 2.46. The predicted octanol–water partition coefficient (Wildman–Crippen LogP) is 1.41. The first-order chi connectivity index (χ1) is 4.34. The van der Waals surface area contributed by atoms with Crippen molar-refractivity contribution in [2.24, 2.45) is 17.8 Å². The highest BCUT2D eigenvalue weighted by Gasteiger charge is 2.55. The van der Waals surface area contributed by atoms with E-state index in [1.54, 1.807) is 0 Å². The highest BCUT2D eigenvalue weighted by molar-refractivity contribution is 5.04. The average molecular weight is 126 g/mol. The van der Waals surface area contributed by atoms with E-state index in [9.17, 15) is 5.11 Å². The van der Waals surface area contributed by atoms with Crippen molar-refractivity contribution in [2.45, 2.75) is 32.3 Å². The fourth-order valence-electron chi connectivity index (χ4n) is 2.58. The van der Waals surface area contributed by atoms with Crippen LogP contribution in [0.2, 0.25) is 0 Å². The van der Waals surface area contributed by atoms with Crippen LogP contribution in [0.3, 0.4) is 0 Å². The molecule has 1 nitrogen and oxygen atoms in total. The first kappa shape index (κ1) is 5.72. The second-order valence-corrected chi connectivity index (χ2v) is 3.46. The zero-order valence-electron chi connectivity index (χ0n) is 5.88. The topological polar surface area (TPSA) is 20.2 Å². The van der Waals surface area contributed by atoms with Crippen LogP contribution in [0.5, 0.6) is 0 Å². The lowest BCUT2D eigenvalue weighted by atomic mass is 10.1. The molecule has 0 spiro atoms. The van der Waals surface area contributed by atoms with Crippen molar-refractivity contribution < 1.29 is 5.11 Å². The van der Waals surface area contributed by atoms with E-state index in [1.807, 2.05) is 0 Å². The van der Waals surface area contributed by atoms with E-state index in [0.717, 1.165) is 24.2 Å². The van der Waals surface area contributed by atoms with Crippen LogP contribution in [0.1, 0.15) is 26.2 Å². The molecule has 2 fully saturated rings. The van der Waals surface area contributed by atoms with Gasteiger partial charge in [0.1, 0.15) is 0 Å². The maximum atomic E-state index is 9.34. The number of rotatable bonds is 1. The summed E-state index contributed by atoms with van der Waals surface area (Å²) in [5, 5.41) is 9.34. The zero-order valence-corrected chi connectivity index (χ0v) is 5.88. The molecule has 1 heteroatoms. The Hall–Kier alpha value is -0.0400. The van der Waals surface area contributed by atoms with Crippen molar-refractivity contribution in [3.63, 3.8) is 0 Å². The van der Waals surface area contributed by atoms with Gasteiger partial charge >= 0.3 is 0 Å². The minimum atomic E-state index is 0.0694. The van der Waals surface area contributed by atoms with E-state index >= 15 is 0 Å². The Kier molecular flexibility index (Phi) is 1.10. The summed E-state index contributed by atoms with van der Waals surface area (Å²) in [4.78, 5) is 0. The Labute approximate surface area is 56.1 Å². The van der Waals surface area contributed by atoms with Crippen molar-refractivity contribution in [3.05, 3.63) is 0 Å². The number of aliphatic hydroxyl groups is 1. The van der Waals surface area contributed by atoms with Crippen LogP contribution in [0.4, 0.5) is 0 Å². The Morgan fingerprint density at radius 1 is 1.44 bits per heavy atom. The molecule has 2 aliphatic carbocycles. The molecule has 0 aromatic carbocycles. The normalized spacial score (nSPS) is 55.3. The molecule has 0 bridgehead atoms. The lowest BCUT2D eigenvalue weighted by molar-refractivity contribution is 0.149. The van der Waals surface area contributed by atoms with Gasteiger partial charge in [0.15, 0.2) is 0 Å². The van der Waals surface area contributed by atoms with E-state index in [1.165, 1.54) is 12.8 Å². The molecule has 2 rings (SSSR count). The molecule has 0 amide bonds. The van der Waals surface area contributed by atoms with Crippen LogP contribution in [0.25, 0.3) is 0 Å². The molecule has 9 heavy (non-hydrogen) atoms. The molecule has 1 unspecified atom stereocenters. The van der Waals surface area contributed by atoms with Crippen LogP contribution in [-0.2, 0) is 0 Å². The fraction of sp³-hybridized carbons (Fsp3) is 1.00. The minimum Gasteiger partial charge on any atom is -0.393 e. The summed E-state index contributed by atoms with van der Waals surface area (Å²) >= 11 is 0. The van der Waals surface area contributed by atoms with Gasteiger partial charge in [-0.15, -0.1) is 0 Å². The van der Waals surface area contributed by atoms with Crippen LogP contribution >= 0.6 is 0 Å². The van der Waals surface area contributed by atoms with Crippen molar-refractivity contribution in [2.75, 3.05) is 0 Å². The van der Waals surface area contributed by atoms with Gasteiger partial charge in [0.05, 0.1) is 6.10 Å². The Balaban J connectivity index is 1.98. The molecular formula is C8H14O. The summed E-state index contributed by atoms with van der Waals surface area (Å²) in [7, 11) is 0. The molecule has 0 aromatic rings. The second-order valence-electron chi connectivity index (χ2n) is 3.46. The minimum absolute atomic E-state index is 0.0694. The van der Waals surface area contributed by atoms with E-state index in [4.69, 9.17) is 0 Å². The number of aliphatic hydroxyl groups excluding tert-OH is 1. The zero-order chi connectivity index (χ0) is 6.43. The molecule has 4 atom stereocenters. The highest BCUT2D eigenvalue weighted by atomic mass is 16.3. The van der Waals surface area contributed by atoms with Crippen molar-refractivity contribution >= 4 is 0 Å². The largest absolute Gasteiger partial charge is 0.393 e. The van der Waals surface area contributed by atoms with Crippen molar-refractivity contribution in [3.8, 4) is 0 Å². The molecule has 2 aliphatic rings. The highest BCUT2D eigenvalue weighted by Crippen LogP contribution is 2.58. The Morgan fingerprint density at radius 3 is 2.56 bits per heavy atom. The van der Waals surface area contributed by atoms with E-state index in [-0.39, 0.29) is 6.10 Å². The maximum Gasteiger partial charge on any atom is 0.0574 e. The van der Waals surface area contributed by atoms with E-state index in [0.29, 0.717) is 0 Å². The van der Waals surface area contributed by atoms with Gasteiger partial charge in [-0.1, -0.05) is 13.3 Å². The molecule has 1 N–H and O–H groups in total. The molecule has 2 saturated carbocycles. The summed E-state index contributed by atoms with van der Waals surface area (Å²) in [5.41, 5.74) is 0. The second kappa shape index (κ2) is 1.72. The van der Waals surface area contributed by atoms with Gasteiger partial charge < -0.3 is 5.11 Å². The van der Waals surface area contributed by atoms with Crippen molar-refractivity contribution in [1.82, 2.24) is 0 Å². The molecule has 0 aliphatic heterocycles. The van der Waals surface area contributed by atoms with Crippen LogP contribution in [0.15, 0.2) is 0 Å². The van der Waals surface area contributed by atoms with Gasteiger partial charge in [-0.3, -0.25) is 0 Å². The van der Waals surface area contributed by atoms with Gasteiger partial charge in [-0.05, 0) is 30.6 Å². The number of fused-ring (bicyclic) bond motifs is 1. The van der Waals surface area contributed by atoms with Gasteiger partial charge in [-0.2, -0.15) is 0 Å². The van der Waals surface area contributed by atoms with E-state index < -0.39 is 0 Å². The van der Waals surface area contributed by atoms with Crippen molar-refractivity contribution in [1.29, 1.82) is 0 Å². The van der Waals surface area contributed by atoms with Gasteiger partial charge in [0.2, 0.25) is 0 Å². The lowest BCUT2D eigenvalue weighted by Crippen LogP contribution is -2.06. The Morgan fingerprint density at radius 2 is 2.22 bits per heavy atom. The number of hydrogen-bond acceptors (Lipinski definition) is 1. The fourth-order valence-corrected chi connectivity index (χ4v) is 2.58. The predicted molar refractivity (Wildman–Crippen MR) is 36.0 cm³/mol. The lowest BCUT2D eigenvalue weighted by Gasteiger charge is -2.04. The van der Waals surface area contributed by atoms with Gasteiger partial charge in [0, 0.05) is 0 Å². The summed E-state index contributed by atoms with van der Waals surface area (Å²) < 4.78 is 0. The van der Waals surface area contributed by atoms with Crippen LogP contribution in [-0.4, -0.2) is 11.2 Å². The molecule has 0 saturated heterocycles. The third-order valence-corrected chi connectivity index (χ3v) is 3.11. The first-order valence-corrected chi connectivity index (χ1v) is 4.02. The smallest absolute Gasteiger partial charge is 0.0574 e. The summed E-state index contributed by atoms with van der Waals surface area (Å²) in [6.45, 7) is 2.23. The SMILES string of the molecule is CCC1[C@H]2[C@H](O)CC[C@@H]12. The molecule has 0 heterocycles. The summed E-state index contributed by atoms with van der Waals surface area (Å²) in [5.74, 6) is 2.54. The molecule has 52 valence electrons. The maximum absolute atomic E-state index is 9.34. The quantitative estimate of drug-likeness (QED) is 0.563. The van der Waals surface area contributed by atoms with Gasteiger partial charge in [0.25, 0.3) is 0 Å². The number of hydrogen-bond donors (Lipinski definition) is 1. The standard InChI is InChI=1S/C8H14O/c1-2-5-6-3-4-7(9)8(5)6/h5-9H,2-4H2,1H3/t5?,6-,7+,8+/m0/s1. The molecular weight excluding hydrogens is 112 g/mol.